The van der Waals surface area contributed by atoms with Gasteiger partial charge in [0.25, 0.3) is 0 Å². The number of esters is 1. The second-order valence-electron chi connectivity index (χ2n) is 3.92. The monoisotopic (exact) mass is 182 g/mol. The van der Waals surface area contributed by atoms with Gasteiger partial charge in [-0.05, 0) is 26.2 Å². The third kappa shape index (κ3) is 1.48. The van der Waals surface area contributed by atoms with E-state index < -0.39 is 0 Å². The molecule has 3 unspecified atom stereocenters. The summed E-state index contributed by atoms with van der Waals surface area (Å²) in [6.45, 7) is 5.44. The number of carbonyl (C=O) groups excluding carboxylic acids is 1. The minimum atomic E-state index is -0.343. The highest BCUT2D eigenvalue weighted by Gasteiger charge is 2.59. The molecule has 0 amide bonds. The maximum absolute atomic E-state index is 11.0. The largest absolute Gasteiger partial charge is 0.456 e. The molecule has 2 aliphatic rings. The third-order valence-corrected chi connectivity index (χ3v) is 2.87. The van der Waals surface area contributed by atoms with E-state index >= 15 is 0 Å². The Morgan fingerprint density at radius 3 is 3.23 bits per heavy atom. The number of hydrogen-bond acceptors (Lipinski definition) is 3. The van der Waals surface area contributed by atoms with E-state index in [9.17, 15) is 4.79 Å². The first-order valence-electron chi connectivity index (χ1n) is 4.66. The molecule has 0 N–H and O–H groups in total. The van der Waals surface area contributed by atoms with Gasteiger partial charge in [-0.2, -0.15) is 0 Å². The van der Waals surface area contributed by atoms with Crippen molar-refractivity contribution in [1.29, 1.82) is 0 Å². The lowest BCUT2D eigenvalue weighted by atomic mass is 9.88. The summed E-state index contributed by atoms with van der Waals surface area (Å²) in [5, 5.41) is 0. The molecule has 0 bridgehead atoms. The second-order valence-corrected chi connectivity index (χ2v) is 3.92. The Morgan fingerprint density at radius 1 is 1.77 bits per heavy atom. The molecule has 3 atom stereocenters. The van der Waals surface area contributed by atoms with Crippen LogP contribution >= 0.6 is 0 Å². The summed E-state index contributed by atoms with van der Waals surface area (Å²) in [6.07, 6.45) is 4.35. The van der Waals surface area contributed by atoms with Crippen molar-refractivity contribution < 1.29 is 14.3 Å². The van der Waals surface area contributed by atoms with E-state index in [2.05, 4.69) is 13.5 Å². The van der Waals surface area contributed by atoms with E-state index in [0.717, 1.165) is 19.3 Å². The van der Waals surface area contributed by atoms with Crippen molar-refractivity contribution in [1.82, 2.24) is 0 Å². The van der Waals surface area contributed by atoms with Crippen molar-refractivity contribution in [2.75, 3.05) is 0 Å². The van der Waals surface area contributed by atoms with Crippen LogP contribution in [0.3, 0.4) is 0 Å². The van der Waals surface area contributed by atoms with Gasteiger partial charge in [0.05, 0.1) is 5.60 Å². The van der Waals surface area contributed by atoms with Crippen molar-refractivity contribution in [2.45, 2.75) is 44.0 Å². The molecular formula is C10H14O3. The lowest BCUT2D eigenvalue weighted by molar-refractivity contribution is -0.144. The summed E-state index contributed by atoms with van der Waals surface area (Å²) in [6, 6.07) is 0. The quantitative estimate of drug-likeness (QED) is 0.368. The zero-order chi connectivity index (χ0) is 9.47. The topological polar surface area (TPSA) is 38.8 Å². The SMILES string of the molecule is C=CC(=O)OC1CCCC2(C)OC12. The Kier molecular flexibility index (Phi) is 1.91. The van der Waals surface area contributed by atoms with Gasteiger partial charge in [-0.1, -0.05) is 6.58 Å². The van der Waals surface area contributed by atoms with Crippen molar-refractivity contribution in [3.63, 3.8) is 0 Å². The van der Waals surface area contributed by atoms with E-state index in [-0.39, 0.29) is 23.8 Å². The molecule has 1 heterocycles. The molecule has 0 spiro atoms. The van der Waals surface area contributed by atoms with Crippen LogP contribution in [-0.2, 0) is 14.3 Å². The fraction of sp³-hybridized carbons (Fsp3) is 0.700. The second kappa shape index (κ2) is 2.84. The molecule has 3 heteroatoms. The summed E-state index contributed by atoms with van der Waals surface area (Å²) in [5.74, 6) is -0.343. The first kappa shape index (κ1) is 8.75. The molecule has 2 rings (SSSR count). The van der Waals surface area contributed by atoms with Gasteiger partial charge < -0.3 is 9.47 Å². The van der Waals surface area contributed by atoms with Crippen LogP contribution in [0.15, 0.2) is 12.7 Å². The van der Waals surface area contributed by atoms with Crippen LogP contribution in [0.5, 0.6) is 0 Å². The molecule has 1 aliphatic heterocycles. The molecule has 3 nitrogen and oxygen atoms in total. The molecule has 72 valence electrons. The van der Waals surface area contributed by atoms with Gasteiger partial charge in [-0.15, -0.1) is 0 Å². The standard InChI is InChI=1S/C10H14O3/c1-3-8(11)12-7-5-4-6-10(2)9(7)13-10/h3,7,9H,1,4-6H2,2H3. The van der Waals surface area contributed by atoms with Crippen molar-refractivity contribution >= 4 is 5.97 Å². The Labute approximate surface area is 77.7 Å². The summed E-state index contributed by atoms with van der Waals surface area (Å²) >= 11 is 0. The molecular weight excluding hydrogens is 168 g/mol. The van der Waals surface area contributed by atoms with Gasteiger partial charge in [-0.25, -0.2) is 4.79 Å². The van der Waals surface area contributed by atoms with Crippen LogP contribution in [0.1, 0.15) is 26.2 Å². The first-order chi connectivity index (χ1) is 6.15. The highest BCUT2D eigenvalue weighted by molar-refractivity contribution is 5.81. The number of ether oxygens (including phenoxy) is 2. The molecule has 0 aromatic rings. The minimum absolute atomic E-state index is 0.00956. The van der Waals surface area contributed by atoms with Crippen LogP contribution in [0.25, 0.3) is 0 Å². The molecule has 1 saturated heterocycles. The molecule has 2 fully saturated rings. The molecule has 0 aromatic carbocycles. The molecule has 0 aromatic heterocycles. The van der Waals surface area contributed by atoms with Crippen LogP contribution in [0.4, 0.5) is 0 Å². The average molecular weight is 182 g/mol. The van der Waals surface area contributed by atoms with Crippen LogP contribution in [0.2, 0.25) is 0 Å². The summed E-state index contributed by atoms with van der Waals surface area (Å²) < 4.78 is 10.7. The van der Waals surface area contributed by atoms with Crippen molar-refractivity contribution in [3.05, 3.63) is 12.7 Å². The Hall–Kier alpha value is -0.830. The maximum Gasteiger partial charge on any atom is 0.330 e. The molecule has 1 saturated carbocycles. The van der Waals surface area contributed by atoms with Crippen molar-refractivity contribution in [2.24, 2.45) is 0 Å². The van der Waals surface area contributed by atoms with Gasteiger partial charge in [0.2, 0.25) is 0 Å². The fourth-order valence-electron chi connectivity index (χ4n) is 2.05. The number of hydrogen-bond donors (Lipinski definition) is 0. The predicted octanol–water partition coefficient (Wildman–Crippen LogP) is 1.43. The number of rotatable bonds is 2. The van der Waals surface area contributed by atoms with E-state index in [1.54, 1.807) is 0 Å². The fourth-order valence-corrected chi connectivity index (χ4v) is 2.05. The Bertz CT molecular complexity index is 249. The summed E-state index contributed by atoms with van der Waals surface area (Å²) in [7, 11) is 0. The molecule has 13 heavy (non-hydrogen) atoms. The van der Waals surface area contributed by atoms with Gasteiger partial charge in [0.1, 0.15) is 12.2 Å². The zero-order valence-electron chi connectivity index (χ0n) is 7.79. The van der Waals surface area contributed by atoms with Crippen LogP contribution in [-0.4, -0.2) is 23.8 Å². The normalized spacial score (nSPS) is 41.9. The summed E-state index contributed by atoms with van der Waals surface area (Å²) in [5.41, 5.74) is -0.00956. The highest BCUT2D eigenvalue weighted by atomic mass is 16.6. The van der Waals surface area contributed by atoms with Gasteiger partial charge in [-0.3, -0.25) is 0 Å². The van der Waals surface area contributed by atoms with Gasteiger partial charge in [0.15, 0.2) is 0 Å². The van der Waals surface area contributed by atoms with E-state index in [1.807, 2.05) is 0 Å². The van der Waals surface area contributed by atoms with Gasteiger partial charge >= 0.3 is 5.97 Å². The minimum Gasteiger partial charge on any atom is -0.456 e. The molecule has 0 radical (unpaired) electrons. The van der Waals surface area contributed by atoms with E-state index in [1.165, 1.54) is 6.08 Å². The van der Waals surface area contributed by atoms with Crippen LogP contribution in [0, 0.1) is 0 Å². The van der Waals surface area contributed by atoms with Gasteiger partial charge in [0, 0.05) is 6.08 Å². The summed E-state index contributed by atoms with van der Waals surface area (Å²) in [4.78, 5) is 11.0. The Morgan fingerprint density at radius 2 is 2.54 bits per heavy atom. The van der Waals surface area contributed by atoms with Crippen molar-refractivity contribution in [3.8, 4) is 0 Å². The predicted molar refractivity (Wildman–Crippen MR) is 47.2 cm³/mol. The number of epoxide rings is 1. The van der Waals surface area contributed by atoms with E-state index in [0.29, 0.717) is 0 Å². The van der Waals surface area contributed by atoms with E-state index in [4.69, 9.17) is 9.47 Å². The number of fused-ring (bicyclic) bond motifs is 1. The lowest BCUT2D eigenvalue weighted by Gasteiger charge is -2.21. The Balaban J connectivity index is 1.94. The maximum atomic E-state index is 11.0. The average Bonchev–Trinajstić information content (AvgIpc) is 2.78. The lowest BCUT2D eigenvalue weighted by Crippen LogP contribution is -2.31. The zero-order valence-corrected chi connectivity index (χ0v) is 7.79. The smallest absolute Gasteiger partial charge is 0.330 e. The number of carbonyl (C=O) groups is 1. The molecule has 1 aliphatic carbocycles. The van der Waals surface area contributed by atoms with Crippen LogP contribution < -0.4 is 0 Å². The highest BCUT2D eigenvalue weighted by Crippen LogP contribution is 2.48. The third-order valence-electron chi connectivity index (χ3n) is 2.87. The first-order valence-corrected chi connectivity index (χ1v) is 4.66.